The molecule has 0 aliphatic heterocycles. The predicted molar refractivity (Wildman–Crippen MR) is 71.0 cm³/mol. The van der Waals surface area contributed by atoms with Crippen molar-refractivity contribution in [1.82, 2.24) is 10.2 Å². The minimum absolute atomic E-state index is 0.00158. The van der Waals surface area contributed by atoms with E-state index >= 15 is 0 Å². The monoisotopic (exact) mass is 234 g/mol. The Labute approximate surface area is 104 Å². The molecule has 1 aromatic rings. The summed E-state index contributed by atoms with van der Waals surface area (Å²) in [6.45, 7) is 5.60. The van der Waals surface area contributed by atoms with E-state index in [1.807, 2.05) is 19.2 Å². The molecule has 0 aromatic heterocycles. The SMILES string of the molecule is CCCCNC(=O)N(C)Cc1ccccc1C. The first kappa shape index (κ1) is 13.6. The third-order valence-corrected chi connectivity index (χ3v) is 2.82. The largest absolute Gasteiger partial charge is 0.338 e. The number of amides is 2. The Bertz CT molecular complexity index is 363. The van der Waals surface area contributed by atoms with E-state index in [1.54, 1.807) is 4.90 Å². The minimum atomic E-state index is 0.00158. The number of aryl methyl sites for hydroxylation is 1. The maximum atomic E-state index is 11.7. The first-order chi connectivity index (χ1) is 8.15. The summed E-state index contributed by atoms with van der Waals surface area (Å²) in [5.41, 5.74) is 2.42. The Morgan fingerprint density at radius 2 is 2.06 bits per heavy atom. The molecule has 3 nitrogen and oxygen atoms in total. The number of nitrogens with zero attached hydrogens (tertiary/aromatic N) is 1. The van der Waals surface area contributed by atoms with Crippen molar-refractivity contribution in [3.8, 4) is 0 Å². The van der Waals surface area contributed by atoms with Crippen LogP contribution in [0.2, 0.25) is 0 Å². The second-order valence-corrected chi connectivity index (χ2v) is 4.37. The van der Waals surface area contributed by atoms with Gasteiger partial charge in [0.15, 0.2) is 0 Å². The van der Waals surface area contributed by atoms with E-state index in [9.17, 15) is 4.79 Å². The van der Waals surface area contributed by atoms with E-state index in [-0.39, 0.29) is 6.03 Å². The fourth-order valence-corrected chi connectivity index (χ4v) is 1.62. The zero-order valence-corrected chi connectivity index (χ0v) is 11.0. The van der Waals surface area contributed by atoms with Gasteiger partial charge in [-0.3, -0.25) is 0 Å². The molecule has 0 atom stereocenters. The first-order valence-electron chi connectivity index (χ1n) is 6.18. The van der Waals surface area contributed by atoms with Crippen LogP contribution in [0.15, 0.2) is 24.3 Å². The summed E-state index contributed by atoms with van der Waals surface area (Å²) in [5, 5.41) is 2.91. The van der Waals surface area contributed by atoms with Crippen LogP contribution in [0, 0.1) is 6.92 Å². The van der Waals surface area contributed by atoms with Gasteiger partial charge < -0.3 is 10.2 Å². The van der Waals surface area contributed by atoms with Gasteiger partial charge in [-0.05, 0) is 24.5 Å². The Kier molecular flexibility index (Phi) is 5.53. The van der Waals surface area contributed by atoms with Crippen LogP contribution in [0.25, 0.3) is 0 Å². The molecule has 0 aliphatic carbocycles. The number of rotatable bonds is 5. The van der Waals surface area contributed by atoms with Crippen molar-refractivity contribution < 1.29 is 4.79 Å². The molecule has 0 saturated carbocycles. The zero-order chi connectivity index (χ0) is 12.7. The van der Waals surface area contributed by atoms with Crippen LogP contribution >= 0.6 is 0 Å². The molecule has 1 aromatic carbocycles. The average molecular weight is 234 g/mol. The summed E-state index contributed by atoms with van der Waals surface area (Å²) in [5.74, 6) is 0. The minimum Gasteiger partial charge on any atom is -0.338 e. The zero-order valence-electron chi connectivity index (χ0n) is 11.0. The first-order valence-corrected chi connectivity index (χ1v) is 6.18. The molecule has 0 heterocycles. The number of hydrogen-bond acceptors (Lipinski definition) is 1. The molecule has 1 N–H and O–H groups in total. The lowest BCUT2D eigenvalue weighted by atomic mass is 10.1. The predicted octanol–water partition coefficient (Wildman–Crippen LogP) is 2.94. The third kappa shape index (κ3) is 4.47. The summed E-state index contributed by atoms with van der Waals surface area (Å²) in [7, 11) is 1.83. The molecule has 17 heavy (non-hydrogen) atoms. The van der Waals surface area contributed by atoms with Gasteiger partial charge in [0.05, 0.1) is 0 Å². The normalized spacial score (nSPS) is 10.1. The van der Waals surface area contributed by atoms with Gasteiger partial charge in [0, 0.05) is 20.1 Å². The van der Waals surface area contributed by atoms with Crippen LogP contribution in [0.4, 0.5) is 4.79 Å². The summed E-state index contributed by atoms with van der Waals surface area (Å²) in [6.07, 6.45) is 2.13. The number of urea groups is 1. The van der Waals surface area contributed by atoms with E-state index in [0.717, 1.165) is 19.4 Å². The molecule has 0 unspecified atom stereocenters. The van der Waals surface area contributed by atoms with Crippen molar-refractivity contribution in [2.75, 3.05) is 13.6 Å². The molecular weight excluding hydrogens is 212 g/mol. The summed E-state index contributed by atoms with van der Waals surface area (Å²) in [4.78, 5) is 13.5. The van der Waals surface area contributed by atoms with Crippen molar-refractivity contribution in [1.29, 1.82) is 0 Å². The molecule has 0 radical (unpaired) electrons. The lowest BCUT2D eigenvalue weighted by molar-refractivity contribution is 0.206. The number of benzene rings is 1. The molecule has 0 fully saturated rings. The topological polar surface area (TPSA) is 32.3 Å². The molecule has 0 aliphatic rings. The summed E-state index contributed by atoms with van der Waals surface area (Å²) >= 11 is 0. The number of nitrogens with one attached hydrogen (secondary N) is 1. The van der Waals surface area contributed by atoms with Crippen molar-refractivity contribution >= 4 is 6.03 Å². The molecule has 0 spiro atoms. The maximum Gasteiger partial charge on any atom is 0.317 e. The van der Waals surface area contributed by atoms with E-state index in [4.69, 9.17) is 0 Å². The molecule has 3 heteroatoms. The van der Waals surface area contributed by atoms with Crippen molar-refractivity contribution in [3.63, 3.8) is 0 Å². The highest BCUT2D eigenvalue weighted by Crippen LogP contribution is 2.09. The van der Waals surface area contributed by atoms with E-state index in [2.05, 4.69) is 31.3 Å². The number of carbonyl (C=O) groups is 1. The summed E-state index contributed by atoms with van der Waals surface area (Å²) < 4.78 is 0. The highest BCUT2D eigenvalue weighted by Gasteiger charge is 2.08. The maximum absolute atomic E-state index is 11.7. The van der Waals surface area contributed by atoms with Gasteiger partial charge in [-0.2, -0.15) is 0 Å². The number of hydrogen-bond donors (Lipinski definition) is 1. The van der Waals surface area contributed by atoms with Gasteiger partial charge in [-0.1, -0.05) is 37.6 Å². The summed E-state index contributed by atoms with van der Waals surface area (Å²) in [6, 6.07) is 8.15. The van der Waals surface area contributed by atoms with Crippen LogP contribution in [0.3, 0.4) is 0 Å². The average Bonchev–Trinajstić information content (AvgIpc) is 2.32. The van der Waals surface area contributed by atoms with E-state index < -0.39 is 0 Å². The molecule has 94 valence electrons. The number of carbonyl (C=O) groups excluding carboxylic acids is 1. The number of unbranched alkanes of at least 4 members (excludes halogenated alkanes) is 1. The lowest BCUT2D eigenvalue weighted by Gasteiger charge is -2.19. The molecule has 0 saturated heterocycles. The van der Waals surface area contributed by atoms with E-state index in [1.165, 1.54) is 11.1 Å². The Balaban J connectivity index is 2.46. The smallest absolute Gasteiger partial charge is 0.317 e. The standard InChI is InChI=1S/C14H22N2O/c1-4-5-10-15-14(17)16(3)11-13-9-7-6-8-12(13)2/h6-9H,4-5,10-11H2,1-3H3,(H,15,17). The van der Waals surface area contributed by atoms with Crippen molar-refractivity contribution in [3.05, 3.63) is 35.4 Å². The van der Waals surface area contributed by atoms with Crippen molar-refractivity contribution in [2.24, 2.45) is 0 Å². The Morgan fingerprint density at radius 1 is 1.35 bits per heavy atom. The van der Waals surface area contributed by atoms with Crippen LogP contribution in [0.5, 0.6) is 0 Å². The molecular formula is C14H22N2O. The lowest BCUT2D eigenvalue weighted by Crippen LogP contribution is -2.37. The second-order valence-electron chi connectivity index (χ2n) is 4.37. The highest BCUT2D eigenvalue weighted by atomic mass is 16.2. The quantitative estimate of drug-likeness (QED) is 0.781. The van der Waals surface area contributed by atoms with Crippen LogP contribution in [-0.2, 0) is 6.54 Å². The Morgan fingerprint density at radius 3 is 2.71 bits per heavy atom. The van der Waals surface area contributed by atoms with Crippen molar-refractivity contribution in [2.45, 2.75) is 33.2 Å². The van der Waals surface area contributed by atoms with Crippen LogP contribution in [-0.4, -0.2) is 24.5 Å². The highest BCUT2D eigenvalue weighted by molar-refractivity contribution is 5.73. The van der Waals surface area contributed by atoms with Gasteiger partial charge in [0.1, 0.15) is 0 Å². The Hall–Kier alpha value is -1.51. The van der Waals surface area contributed by atoms with Crippen LogP contribution < -0.4 is 5.32 Å². The van der Waals surface area contributed by atoms with Gasteiger partial charge in [0.25, 0.3) is 0 Å². The van der Waals surface area contributed by atoms with Gasteiger partial charge in [0.2, 0.25) is 0 Å². The van der Waals surface area contributed by atoms with E-state index in [0.29, 0.717) is 6.54 Å². The fourth-order valence-electron chi connectivity index (χ4n) is 1.62. The third-order valence-electron chi connectivity index (χ3n) is 2.82. The van der Waals surface area contributed by atoms with Gasteiger partial charge in [-0.25, -0.2) is 4.79 Å². The van der Waals surface area contributed by atoms with Gasteiger partial charge >= 0.3 is 6.03 Å². The van der Waals surface area contributed by atoms with Crippen LogP contribution in [0.1, 0.15) is 30.9 Å². The molecule has 0 bridgehead atoms. The fraction of sp³-hybridized carbons (Fsp3) is 0.500. The van der Waals surface area contributed by atoms with Gasteiger partial charge in [-0.15, -0.1) is 0 Å². The molecule has 1 rings (SSSR count). The molecule has 2 amide bonds. The second kappa shape index (κ2) is 6.94.